The molecule has 0 nitrogen and oxygen atoms in total. The molecular weight excluding hydrogens is 166 g/mol. The van der Waals surface area contributed by atoms with Crippen molar-refractivity contribution in [3.05, 3.63) is 0 Å². The van der Waals surface area contributed by atoms with Gasteiger partial charge in [-0.25, -0.2) is 0 Å². The van der Waals surface area contributed by atoms with Crippen molar-refractivity contribution in [1.82, 2.24) is 0 Å². The molecule has 0 heterocycles. The molecule has 2 heteroatoms. The molecule has 0 aliphatic heterocycles. The van der Waals surface area contributed by atoms with Crippen molar-refractivity contribution in [2.45, 2.75) is 51.2 Å². The van der Waals surface area contributed by atoms with Gasteiger partial charge in [0.05, 0.1) is 15.7 Å². The molecule has 0 spiro atoms. The average molecular weight is 190 g/mol. The Bertz CT molecular complexity index is 189. The second-order valence-electron chi connectivity index (χ2n) is 6.02. The fraction of sp³-hybridized carbons (Fsp3) is 1.00. The highest BCUT2D eigenvalue weighted by Gasteiger charge is 2.39. The molecule has 4 unspecified atom stereocenters. The Morgan fingerprint density at radius 1 is 1.21 bits per heavy atom. The van der Waals surface area contributed by atoms with E-state index in [4.69, 9.17) is 0 Å². The molecule has 0 amide bonds. The summed E-state index contributed by atoms with van der Waals surface area (Å²) in [6.45, 7) is 2.40. The van der Waals surface area contributed by atoms with E-state index in [-0.39, 0.29) is 0 Å². The molecule has 14 heavy (non-hydrogen) atoms. The van der Waals surface area contributed by atoms with Crippen LogP contribution < -0.4 is 0 Å². The third-order valence-corrected chi connectivity index (χ3v) is 4.84. The van der Waals surface area contributed by atoms with Crippen molar-refractivity contribution in [2.24, 2.45) is 23.7 Å². The molecule has 0 N–H and O–H groups in total. The number of fused-ring (bicyclic) bond motifs is 2. The Morgan fingerprint density at radius 3 is 2.64 bits per heavy atom. The Kier molecular flexibility index (Phi) is 3.29. The van der Waals surface area contributed by atoms with Crippen LogP contribution in [-0.4, -0.2) is 15.7 Å². The van der Waals surface area contributed by atoms with Gasteiger partial charge in [-0.15, -0.1) is 0 Å². The van der Waals surface area contributed by atoms with Crippen LogP contribution in [0.2, 0.25) is 5.72 Å². The minimum Gasteiger partial charge on any atom is -0.0927 e. The molecule has 2 aliphatic carbocycles. The highest BCUT2D eigenvalue weighted by Crippen LogP contribution is 2.49. The summed E-state index contributed by atoms with van der Waals surface area (Å²) in [6, 6.07) is 0. The van der Waals surface area contributed by atoms with Gasteiger partial charge in [-0.2, -0.15) is 0 Å². The first kappa shape index (κ1) is 10.6. The van der Waals surface area contributed by atoms with Gasteiger partial charge in [-0.1, -0.05) is 38.3 Å². The topological polar surface area (TPSA) is 0 Å². The van der Waals surface area contributed by atoms with Gasteiger partial charge in [-0.3, -0.25) is 0 Å². The molecule has 0 saturated heterocycles. The van der Waals surface area contributed by atoms with E-state index in [2.05, 4.69) is 22.6 Å². The maximum Gasteiger partial charge on any atom is 0.0960 e. The summed E-state index contributed by atoms with van der Waals surface area (Å²) in [4.78, 5) is 0. The lowest BCUT2D eigenvalue weighted by Gasteiger charge is -2.47. The summed E-state index contributed by atoms with van der Waals surface area (Å²) in [5.41, 5.74) is 0.920. The van der Waals surface area contributed by atoms with E-state index < -0.39 is 0 Å². The lowest BCUT2D eigenvalue weighted by atomic mass is 9.50. The highest BCUT2D eigenvalue weighted by atomic mass is 14.4. The van der Waals surface area contributed by atoms with Gasteiger partial charge in [0.15, 0.2) is 0 Å². The van der Waals surface area contributed by atoms with E-state index in [9.17, 15) is 0 Å². The van der Waals surface area contributed by atoms with E-state index in [0.29, 0.717) is 0 Å². The molecule has 0 radical (unpaired) electrons. The fourth-order valence-corrected chi connectivity index (χ4v) is 4.39. The first-order chi connectivity index (χ1) is 6.72. The summed E-state index contributed by atoms with van der Waals surface area (Å²) >= 11 is 0. The molecule has 2 saturated carbocycles. The van der Waals surface area contributed by atoms with Crippen LogP contribution in [0.3, 0.4) is 0 Å². The van der Waals surface area contributed by atoms with Crippen molar-refractivity contribution < 1.29 is 0 Å². The van der Waals surface area contributed by atoms with Crippen molar-refractivity contribution in [2.75, 3.05) is 0 Å². The predicted octanol–water partition coefficient (Wildman–Crippen LogP) is 1.85. The van der Waals surface area contributed by atoms with Crippen molar-refractivity contribution in [1.29, 1.82) is 0 Å². The lowest BCUT2D eigenvalue weighted by molar-refractivity contribution is 0.0669. The summed E-state index contributed by atoms with van der Waals surface area (Å²) < 4.78 is 0. The summed E-state index contributed by atoms with van der Waals surface area (Å²) in [6.07, 6.45) is 9.15. The minimum absolute atomic E-state index is 0.920. The molecule has 0 aromatic carbocycles. The summed E-state index contributed by atoms with van der Waals surface area (Å²) in [5.74, 6) is 4.30. The van der Waals surface area contributed by atoms with Crippen molar-refractivity contribution in [3.8, 4) is 0 Å². The smallest absolute Gasteiger partial charge is 0.0927 e. The molecule has 2 rings (SSSR count). The Labute approximate surface area is 91.0 Å². The van der Waals surface area contributed by atoms with Crippen LogP contribution in [0.1, 0.15) is 45.4 Å². The van der Waals surface area contributed by atoms with E-state index in [0.717, 1.165) is 29.4 Å². The lowest BCUT2D eigenvalue weighted by Crippen LogP contribution is -2.38. The van der Waals surface area contributed by atoms with Gasteiger partial charge in [0.25, 0.3) is 0 Å². The number of hydrogen-bond acceptors (Lipinski definition) is 0. The number of rotatable bonds is 2. The summed E-state index contributed by atoms with van der Waals surface area (Å²) in [5, 5.41) is 0. The average Bonchev–Trinajstić information content (AvgIpc) is 2.16. The van der Waals surface area contributed by atoms with Gasteiger partial charge in [-0.05, 0) is 36.5 Å². The SMILES string of the molecule is BC(B)C1C(CC)CC2CCCC1C2. The van der Waals surface area contributed by atoms with E-state index in [1.54, 1.807) is 12.8 Å². The first-order valence-electron chi connectivity index (χ1n) is 6.72. The first-order valence-corrected chi connectivity index (χ1v) is 6.72. The van der Waals surface area contributed by atoms with E-state index in [1.807, 2.05) is 0 Å². The highest BCUT2D eigenvalue weighted by molar-refractivity contribution is 6.35. The molecule has 0 aromatic heterocycles. The second-order valence-corrected chi connectivity index (χ2v) is 6.02. The molecule has 0 aromatic rings. The van der Waals surface area contributed by atoms with Crippen LogP contribution in [0.25, 0.3) is 0 Å². The van der Waals surface area contributed by atoms with Crippen molar-refractivity contribution >= 4 is 15.7 Å². The van der Waals surface area contributed by atoms with Crippen LogP contribution in [0.5, 0.6) is 0 Å². The Morgan fingerprint density at radius 2 is 2.00 bits per heavy atom. The second kappa shape index (κ2) is 4.33. The largest absolute Gasteiger partial charge is 0.0960 e. The zero-order valence-corrected chi connectivity index (χ0v) is 10.1. The minimum atomic E-state index is 0.920. The standard InChI is InChI=1S/C12H24B2/c1-2-9-6-8-4-3-5-10(7-8)11(9)12(13)14/h8-12H,2-7,13-14H2,1H3. The van der Waals surface area contributed by atoms with Gasteiger partial charge >= 0.3 is 0 Å². The predicted molar refractivity (Wildman–Crippen MR) is 68.2 cm³/mol. The monoisotopic (exact) mass is 190 g/mol. The van der Waals surface area contributed by atoms with E-state index >= 15 is 0 Å². The Balaban J connectivity index is 2.10. The van der Waals surface area contributed by atoms with Crippen molar-refractivity contribution in [3.63, 3.8) is 0 Å². The van der Waals surface area contributed by atoms with Gasteiger partial charge in [0.2, 0.25) is 0 Å². The van der Waals surface area contributed by atoms with Crippen LogP contribution in [0, 0.1) is 23.7 Å². The van der Waals surface area contributed by atoms with Crippen LogP contribution in [0.15, 0.2) is 0 Å². The normalized spacial score (nSPS) is 42.7. The van der Waals surface area contributed by atoms with Crippen LogP contribution >= 0.6 is 0 Å². The zero-order chi connectivity index (χ0) is 10.1. The molecular formula is C12H24B2. The fourth-order valence-electron chi connectivity index (χ4n) is 4.39. The van der Waals surface area contributed by atoms with Crippen LogP contribution in [0.4, 0.5) is 0 Å². The van der Waals surface area contributed by atoms with Gasteiger partial charge < -0.3 is 0 Å². The number of hydrogen-bond donors (Lipinski definition) is 0. The van der Waals surface area contributed by atoms with Crippen LogP contribution in [-0.2, 0) is 0 Å². The molecule has 78 valence electrons. The maximum atomic E-state index is 2.45. The van der Waals surface area contributed by atoms with Gasteiger partial charge in [0.1, 0.15) is 0 Å². The van der Waals surface area contributed by atoms with E-state index in [1.165, 1.54) is 25.7 Å². The third kappa shape index (κ3) is 1.90. The summed E-state index contributed by atoms with van der Waals surface area (Å²) in [7, 11) is 4.89. The van der Waals surface area contributed by atoms with Gasteiger partial charge in [0, 0.05) is 0 Å². The third-order valence-electron chi connectivity index (χ3n) is 4.84. The molecule has 4 atom stereocenters. The zero-order valence-electron chi connectivity index (χ0n) is 10.1. The Hall–Kier alpha value is 0.130. The molecule has 2 bridgehead atoms. The molecule has 2 aliphatic rings. The maximum absolute atomic E-state index is 2.45. The quantitative estimate of drug-likeness (QED) is 0.582. The molecule has 2 fully saturated rings.